The number of nitrogens with two attached hydrogens (primary N) is 1. The molecule has 0 radical (unpaired) electrons. The molecule has 0 aromatic carbocycles. The van der Waals surface area contributed by atoms with Gasteiger partial charge in [-0.05, 0) is 12.8 Å². The zero-order valence-electron chi connectivity index (χ0n) is 7.40. The van der Waals surface area contributed by atoms with Gasteiger partial charge in [0.15, 0.2) is 0 Å². The van der Waals surface area contributed by atoms with E-state index in [-0.39, 0.29) is 0 Å². The maximum Gasteiger partial charge on any atom is 0.131 e. The van der Waals surface area contributed by atoms with E-state index in [0.717, 1.165) is 21.7 Å². The Kier molecular flexibility index (Phi) is 3.05. The molecule has 0 spiro atoms. The molecule has 0 saturated heterocycles. The first-order chi connectivity index (χ1) is 6.36. The fourth-order valence-corrected chi connectivity index (χ4v) is 3.38. The highest BCUT2D eigenvalue weighted by Crippen LogP contribution is 2.32. The maximum absolute atomic E-state index is 5.71. The van der Waals surface area contributed by atoms with Crippen molar-refractivity contribution < 1.29 is 0 Å². The molecule has 1 aliphatic carbocycles. The Morgan fingerprint density at radius 3 is 2.85 bits per heavy atom. The first-order valence-corrected chi connectivity index (χ1v) is 6.37. The van der Waals surface area contributed by atoms with E-state index < -0.39 is 0 Å². The van der Waals surface area contributed by atoms with E-state index in [1.54, 1.807) is 0 Å². The second kappa shape index (κ2) is 4.28. The summed E-state index contributed by atoms with van der Waals surface area (Å²) in [5, 5.41) is 5.62. The van der Waals surface area contributed by atoms with Gasteiger partial charge in [0.2, 0.25) is 0 Å². The smallest absolute Gasteiger partial charge is 0.131 e. The van der Waals surface area contributed by atoms with E-state index in [4.69, 9.17) is 5.73 Å². The number of hydrogen-bond donors (Lipinski definition) is 1. The summed E-state index contributed by atoms with van der Waals surface area (Å²) in [5.74, 6) is 0.938. The maximum atomic E-state index is 5.71. The molecule has 1 saturated carbocycles. The average Bonchev–Trinajstić information content (AvgIpc) is 2.72. The lowest BCUT2D eigenvalue weighted by Gasteiger charge is -2.06. The lowest BCUT2D eigenvalue weighted by Crippen LogP contribution is -1.96. The first kappa shape index (κ1) is 9.27. The fourth-order valence-electron chi connectivity index (χ4n) is 1.57. The number of aromatic nitrogens is 2. The molecule has 1 aliphatic rings. The molecule has 13 heavy (non-hydrogen) atoms. The van der Waals surface area contributed by atoms with Crippen LogP contribution in [0.1, 0.15) is 31.4 Å². The molecule has 2 rings (SSSR count). The van der Waals surface area contributed by atoms with Crippen LogP contribution < -0.4 is 5.73 Å². The van der Waals surface area contributed by atoms with Gasteiger partial charge in [0, 0.05) is 22.5 Å². The van der Waals surface area contributed by atoms with Gasteiger partial charge in [-0.15, -0.1) is 5.10 Å². The van der Waals surface area contributed by atoms with Gasteiger partial charge in [-0.1, -0.05) is 17.3 Å². The minimum absolute atomic E-state index is 0.783. The van der Waals surface area contributed by atoms with Crippen LogP contribution in [0, 0.1) is 0 Å². The van der Waals surface area contributed by atoms with Crippen LogP contribution in [0.2, 0.25) is 0 Å². The molecule has 1 heterocycles. The quantitative estimate of drug-likeness (QED) is 0.840. The average molecular weight is 215 g/mol. The summed E-state index contributed by atoms with van der Waals surface area (Å²) in [6.45, 7) is 0. The summed E-state index contributed by atoms with van der Waals surface area (Å²) in [7, 11) is 0. The third-order valence-corrected chi connectivity index (χ3v) is 4.32. The molecular formula is C8H13N3S2. The highest BCUT2D eigenvalue weighted by atomic mass is 32.2. The van der Waals surface area contributed by atoms with E-state index >= 15 is 0 Å². The highest BCUT2D eigenvalue weighted by Gasteiger charge is 2.16. The van der Waals surface area contributed by atoms with Crippen LogP contribution in [0.15, 0.2) is 0 Å². The van der Waals surface area contributed by atoms with Crippen molar-refractivity contribution >= 4 is 28.3 Å². The topological polar surface area (TPSA) is 51.8 Å². The van der Waals surface area contributed by atoms with Gasteiger partial charge in [0.25, 0.3) is 0 Å². The minimum Gasteiger partial charge on any atom is -0.388 e. The van der Waals surface area contributed by atoms with Gasteiger partial charge in [-0.25, -0.2) is 0 Å². The highest BCUT2D eigenvalue weighted by molar-refractivity contribution is 7.99. The Balaban J connectivity index is 1.82. The Labute approximate surface area is 86.3 Å². The summed E-state index contributed by atoms with van der Waals surface area (Å²) in [6.07, 6.45) is 5.51. The number of anilines is 1. The van der Waals surface area contributed by atoms with Crippen molar-refractivity contribution in [3.05, 3.63) is 5.69 Å². The molecule has 0 unspecified atom stereocenters. The van der Waals surface area contributed by atoms with Crippen molar-refractivity contribution in [1.82, 2.24) is 9.59 Å². The van der Waals surface area contributed by atoms with Crippen molar-refractivity contribution in [3.8, 4) is 0 Å². The zero-order chi connectivity index (χ0) is 9.10. The number of nitrogens with zero attached hydrogens (tertiary/aromatic N) is 2. The van der Waals surface area contributed by atoms with Crippen LogP contribution >= 0.6 is 23.3 Å². The Bertz CT molecular complexity index is 268. The fraction of sp³-hybridized carbons (Fsp3) is 0.750. The molecule has 2 N–H and O–H groups in total. The molecular weight excluding hydrogens is 202 g/mol. The molecule has 1 fully saturated rings. The van der Waals surface area contributed by atoms with Gasteiger partial charge in [-0.2, -0.15) is 11.8 Å². The largest absolute Gasteiger partial charge is 0.388 e. The SMILES string of the molecule is Nc1snnc1CSC1CCCC1. The van der Waals surface area contributed by atoms with Crippen LogP contribution in [-0.4, -0.2) is 14.8 Å². The number of hydrogen-bond acceptors (Lipinski definition) is 5. The van der Waals surface area contributed by atoms with Crippen molar-refractivity contribution in [2.24, 2.45) is 0 Å². The van der Waals surface area contributed by atoms with Crippen molar-refractivity contribution in [2.45, 2.75) is 36.7 Å². The van der Waals surface area contributed by atoms with Crippen molar-refractivity contribution in [2.75, 3.05) is 5.73 Å². The zero-order valence-corrected chi connectivity index (χ0v) is 9.03. The minimum atomic E-state index is 0.783. The molecule has 0 atom stereocenters. The summed E-state index contributed by atoms with van der Waals surface area (Å²) < 4.78 is 3.82. The molecule has 1 aromatic heterocycles. The Morgan fingerprint density at radius 1 is 1.46 bits per heavy atom. The van der Waals surface area contributed by atoms with Crippen molar-refractivity contribution in [1.29, 1.82) is 0 Å². The molecule has 72 valence electrons. The standard InChI is InChI=1S/C8H13N3S2/c9-8-7(10-11-13-8)5-12-6-3-1-2-4-6/h6H,1-5,9H2. The molecule has 0 bridgehead atoms. The molecule has 1 aromatic rings. The van der Waals surface area contributed by atoms with Gasteiger partial charge in [0.1, 0.15) is 10.7 Å². The summed E-state index contributed by atoms with van der Waals surface area (Å²) in [6, 6.07) is 0. The van der Waals surface area contributed by atoms with Crippen LogP contribution in [-0.2, 0) is 5.75 Å². The lowest BCUT2D eigenvalue weighted by atomic mass is 10.4. The predicted molar refractivity (Wildman–Crippen MR) is 57.9 cm³/mol. The Morgan fingerprint density at radius 2 is 2.23 bits per heavy atom. The third-order valence-electron chi connectivity index (χ3n) is 2.34. The van der Waals surface area contributed by atoms with Crippen LogP contribution in [0.25, 0.3) is 0 Å². The van der Waals surface area contributed by atoms with Crippen LogP contribution in [0.5, 0.6) is 0 Å². The summed E-state index contributed by atoms with van der Waals surface area (Å²) in [5.41, 5.74) is 6.68. The lowest BCUT2D eigenvalue weighted by molar-refractivity contribution is 0.886. The van der Waals surface area contributed by atoms with E-state index in [1.807, 2.05) is 11.8 Å². The first-order valence-electron chi connectivity index (χ1n) is 4.54. The van der Waals surface area contributed by atoms with Crippen LogP contribution in [0.3, 0.4) is 0 Å². The summed E-state index contributed by atoms with van der Waals surface area (Å²) in [4.78, 5) is 0. The predicted octanol–water partition coefficient (Wildman–Crippen LogP) is 2.30. The second-order valence-electron chi connectivity index (χ2n) is 3.30. The van der Waals surface area contributed by atoms with Gasteiger partial charge >= 0.3 is 0 Å². The number of rotatable bonds is 3. The van der Waals surface area contributed by atoms with E-state index in [2.05, 4.69) is 9.59 Å². The number of nitrogen functional groups attached to an aromatic ring is 1. The molecule has 0 aliphatic heterocycles. The monoisotopic (exact) mass is 215 g/mol. The van der Waals surface area contributed by atoms with Gasteiger partial charge < -0.3 is 5.73 Å². The van der Waals surface area contributed by atoms with E-state index in [9.17, 15) is 0 Å². The normalized spacial score (nSPS) is 18.2. The van der Waals surface area contributed by atoms with Gasteiger partial charge in [0.05, 0.1) is 0 Å². The molecule has 0 amide bonds. The van der Waals surface area contributed by atoms with Crippen molar-refractivity contribution in [3.63, 3.8) is 0 Å². The Hall–Kier alpha value is -0.290. The summed E-state index contributed by atoms with van der Waals surface area (Å²) >= 11 is 3.27. The molecule has 5 heteroatoms. The number of thioether (sulfide) groups is 1. The van der Waals surface area contributed by atoms with Gasteiger partial charge in [-0.3, -0.25) is 0 Å². The van der Waals surface area contributed by atoms with Crippen LogP contribution in [0.4, 0.5) is 5.00 Å². The van der Waals surface area contributed by atoms with E-state index in [0.29, 0.717) is 0 Å². The second-order valence-corrected chi connectivity index (χ2v) is 5.38. The molecule has 3 nitrogen and oxygen atoms in total. The third kappa shape index (κ3) is 2.34. The van der Waals surface area contributed by atoms with E-state index in [1.165, 1.54) is 37.2 Å².